The second-order valence-corrected chi connectivity index (χ2v) is 2.75. The normalized spacial score (nSPS) is 10.2. The molecular formula is C12H13N. The number of anilines is 1. The third-order valence-electron chi connectivity index (χ3n) is 1.69. The van der Waals surface area contributed by atoms with Crippen molar-refractivity contribution in [3.05, 3.63) is 61.2 Å². The van der Waals surface area contributed by atoms with E-state index in [0.717, 1.165) is 16.8 Å². The second-order valence-electron chi connectivity index (χ2n) is 2.75. The summed E-state index contributed by atoms with van der Waals surface area (Å²) in [6.07, 6.45) is 5.48. The molecule has 0 aromatic heterocycles. The van der Waals surface area contributed by atoms with E-state index < -0.39 is 0 Å². The molecule has 0 spiro atoms. The van der Waals surface area contributed by atoms with Crippen LogP contribution in [0.5, 0.6) is 0 Å². The molecule has 0 fully saturated rings. The summed E-state index contributed by atoms with van der Waals surface area (Å²) in [6.45, 7) is 7.50. The molecule has 2 N–H and O–H groups in total. The van der Waals surface area contributed by atoms with Gasteiger partial charge in [-0.1, -0.05) is 43.5 Å². The second kappa shape index (κ2) is 4.31. The summed E-state index contributed by atoms with van der Waals surface area (Å²) in [5.41, 5.74) is 8.37. The van der Waals surface area contributed by atoms with Crippen molar-refractivity contribution < 1.29 is 0 Å². The van der Waals surface area contributed by atoms with Crippen LogP contribution in [0.15, 0.2) is 55.7 Å². The van der Waals surface area contributed by atoms with Gasteiger partial charge in [0, 0.05) is 5.69 Å². The fourth-order valence-electron chi connectivity index (χ4n) is 1.02. The quantitative estimate of drug-likeness (QED) is 0.549. The van der Waals surface area contributed by atoms with Gasteiger partial charge < -0.3 is 5.73 Å². The Hall–Kier alpha value is -1.76. The minimum absolute atomic E-state index is 0.755. The highest BCUT2D eigenvalue weighted by Crippen LogP contribution is 2.16. The predicted molar refractivity (Wildman–Crippen MR) is 59.2 cm³/mol. The Balaban J connectivity index is 2.89. The number of benzene rings is 1. The third kappa shape index (κ3) is 2.64. The molecule has 1 aromatic rings. The molecule has 1 heteroatoms. The standard InChI is InChI=1S/C12H13N/c1-3-4-6-10(2)11-7-5-8-12(13)9-11/h3-9H,1-2,13H2/b6-4-. The van der Waals surface area contributed by atoms with E-state index >= 15 is 0 Å². The van der Waals surface area contributed by atoms with Gasteiger partial charge in [0.25, 0.3) is 0 Å². The molecule has 0 atom stereocenters. The molecule has 0 aliphatic heterocycles. The van der Waals surface area contributed by atoms with Gasteiger partial charge in [-0.15, -0.1) is 0 Å². The Morgan fingerprint density at radius 3 is 2.77 bits per heavy atom. The maximum atomic E-state index is 5.64. The number of nitrogens with two attached hydrogens (primary N) is 1. The number of rotatable bonds is 3. The van der Waals surface area contributed by atoms with Crippen LogP contribution in [0.4, 0.5) is 5.69 Å². The van der Waals surface area contributed by atoms with Crippen LogP contribution in [-0.2, 0) is 0 Å². The Morgan fingerprint density at radius 2 is 2.15 bits per heavy atom. The summed E-state index contributed by atoms with van der Waals surface area (Å²) in [7, 11) is 0. The summed E-state index contributed by atoms with van der Waals surface area (Å²) in [5, 5.41) is 0. The molecule has 66 valence electrons. The maximum Gasteiger partial charge on any atom is 0.0320 e. The van der Waals surface area contributed by atoms with Crippen molar-refractivity contribution >= 4 is 11.3 Å². The first kappa shape index (κ1) is 9.33. The molecule has 0 aliphatic carbocycles. The first-order valence-corrected chi connectivity index (χ1v) is 4.08. The summed E-state index contributed by atoms with van der Waals surface area (Å²) >= 11 is 0. The molecule has 0 saturated heterocycles. The molecule has 1 rings (SSSR count). The van der Waals surface area contributed by atoms with Gasteiger partial charge in [0.15, 0.2) is 0 Å². The molecule has 1 nitrogen and oxygen atoms in total. The lowest BCUT2D eigenvalue weighted by Crippen LogP contribution is -1.85. The lowest BCUT2D eigenvalue weighted by Gasteiger charge is -2.00. The lowest BCUT2D eigenvalue weighted by atomic mass is 10.1. The van der Waals surface area contributed by atoms with Crippen LogP contribution in [0.25, 0.3) is 5.57 Å². The van der Waals surface area contributed by atoms with Crippen LogP contribution in [0.1, 0.15) is 5.56 Å². The molecule has 0 unspecified atom stereocenters. The molecule has 0 bridgehead atoms. The van der Waals surface area contributed by atoms with E-state index in [9.17, 15) is 0 Å². The monoisotopic (exact) mass is 171 g/mol. The van der Waals surface area contributed by atoms with E-state index in [4.69, 9.17) is 5.73 Å². The summed E-state index contributed by atoms with van der Waals surface area (Å²) < 4.78 is 0. The van der Waals surface area contributed by atoms with Crippen molar-refractivity contribution in [3.8, 4) is 0 Å². The highest BCUT2D eigenvalue weighted by molar-refractivity contribution is 5.73. The molecule has 0 aliphatic rings. The van der Waals surface area contributed by atoms with E-state index in [0.29, 0.717) is 0 Å². The van der Waals surface area contributed by atoms with Gasteiger partial charge in [-0.3, -0.25) is 0 Å². The Morgan fingerprint density at radius 1 is 1.38 bits per heavy atom. The van der Waals surface area contributed by atoms with Crippen LogP contribution >= 0.6 is 0 Å². The summed E-state index contributed by atoms with van der Waals surface area (Å²) in [4.78, 5) is 0. The molecule has 13 heavy (non-hydrogen) atoms. The van der Waals surface area contributed by atoms with Crippen LogP contribution in [0, 0.1) is 0 Å². The van der Waals surface area contributed by atoms with Gasteiger partial charge in [0.05, 0.1) is 0 Å². The number of allylic oxidation sites excluding steroid dienone is 4. The third-order valence-corrected chi connectivity index (χ3v) is 1.69. The highest BCUT2D eigenvalue weighted by Gasteiger charge is 1.93. The first-order chi connectivity index (χ1) is 6.24. The molecule has 1 aromatic carbocycles. The Labute approximate surface area is 78.9 Å². The fraction of sp³-hybridized carbons (Fsp3) is 0. The minimum atomic E-state index is 0.755. The van der Waals surface area contributed by atoms with Crippen LogP contribution in [-0.4, -0.2) is 0 Å². The van der Waals surface area contributed by atoms with E-state index in [1.54, 1.807) is 6.08 Å². The number of nitrogen functional groups attached to an aromatic ring is 1. The van der Waals surface area contributed by atoms with Crippen LogP contribution in [0.3, 0.4) is 0 Å². The average molecular weight is 171 g/mol. The van der Waals surface area contributed by atoms with Gasteiger partial charge in [-0.05, 0) is 23.3 Å². The lowest BCUT2D eigenvalue weighted by molar-refractivity contribution is 1.62. The van der Waals surface area contributed by atoms with Crippen molar-refractivity contribution in [2.75, 3.05) is 5.73 Å². The Bertz CT molecular complexity index is 348. The van der Waals surface area contributed by atoms with Crippen LogP contribution in [0.2, 0.25) is 0 Å². The number of hydrogen-bond acceptors (Lipinski definition) is 1. The smallest absolute Gasteiger partial charge is 0.0320 e. The van der Waals surface area contributed by atoms with Crippen molar-refractivity contribution in [1.82, 2.24) is 0 Å². The van der Waals surface area contributed by atoms with Crippen molar-refractivity contribution in [1.29, 1.82) is 0 Å². The van der Waals surface area contributed by atoms with Crippen molar-refractivity contribution in [2.45, 2.75) is 0 Å². The molecule has 0 amide bonds. The highest BCUT2D eigenvalue weighted by atomic mass is 14.5. The predicted octanol–water partition coefficient (Wildman–Crippen LogP) is 3.02. The zero-order chi connectivity index (χ0) is 9.68. The topological polar surface area (TPSA) is 26.0 Å². The summed E-state index contributed by atoms with van der Waals surface area (Å²) in [5.74, 6) is 0. The molecule has 0 radical (unpaired) electrons. The molecule has 0 saturated carbocycles. The Kier molecular flexibility index (Phi) is 3.09. The zero-order valence-corrected chi connectivity index (χ0v) is 7.53. The SMILES string of the molecule is C=C/C=C\C(=C)c1cccc(N)c1. The van der Waals surface area contributed by atoms with Gasteiger partial charge in [0.2, 0.25) is 0 Å². The number of hydrogen-bond donors (Lipinski definition) is 1. The van der Waals surface area contributed by atoms with E-state index in [2.05, 4.69) is 13.2 Å². The molecular weight excluding hydrogens is 158 g/mol. The van der Waals surface area contributed by atoms with Crippen LogP contribution < -0.4 is 5.73 Å². The van der Waals surface area contributed by atoms with E-state index in [1.807, 2.05) is 36.4 Å². The summed E-state index contributed by atoms with van der Waals surface area (Å²) in [6, 6.07) is 7.65. The van der Waals surface area contributed by atoms with Gasteiger partial charge in [-0.2, -0.15) is 0 Å². The van der Waals surface area contributed by atoms with Gasteiger partial charge in [0.1, 0.15) is 0 Å². The maximum absolute atomic E-state index is 5.64. The van der Waals surface area contributed by atoms with Gasteiger partial charge >= 0.3 is 0 Å². The van der Waals surface area contributed by atoms with Gasteiger partial charge in [-0.25, -0.2) is 0 Å². The zero-order valence-electron chi connectivity index (χ0n) is 7.53. The fourth-order valence-corrected chi connectivity index (χ4v) is 1.02. The minimum Gasteiger partial charge on any atom is -0.399 e. The molecule has 0 heterocycles. The van der Waals surface area contributed by atoms with Crippen molar-refractivity contribution in [2.24, 2.45) is 0 Å². The van der Waals surface area contributed by atoms with E-state index in [1.165, 1.54) is 0 Å². The largest absolute Gasteiger partial charge is 0.399 e. The first-order valence-electron chi connectivity index (χ1n) is 4.08. The van der Waals surface area contributed by atoms with Crippen molar-refractivity contribution in [3.63, 3.8) is 0 Å². The average Bonchev–Trinajstić information content (AvgIpc) is 2.14. The van der Waals surface area contributed by atoms with E-state index in [-0.39, 0.29) is 0 Å².